The first kappa shape index (κ1) is 13.9. The summed E-state index contributed by atoms with van der Waals surface area (Å²) in [5.41, 5.74) is 3.64. The van der Waals surface area contributed by atoms with Crippen molar-refractivity contribution < 1.29 is 9.53 Å². The Hall–Kier alpha value is -1.15. The van der Waals surface area contributed by atoms with Gasteiger partial charge in [0.05, 0.1) is 0 Å². The van der Waals surface area contributed by atoms with Gasteiger partial charge in [0.2, 0.25) is 0 Å². The highest BCUT2D eigenvalue weighted by Crippen LogP contribution is 2.12. The molecular weight excluding hydrogens is 212 g/mol. The van der Waals surface area contributed by atoms with Crippen molar-refractivity contribution in [1.82, 2.24) is 0 Å². The summed E-state index contributed by atoms with van der Waals surface area (Å²) >= 11 is 0. The molecule has 1 rings (SSSR count). The van der Waals surface area contributed by atoms with E-state index in [1.165, 1.54) is 11.1 Å². The van der Waals surface area contributed by atoms with Gasteiger partial charge in [-0.25, -0.2) is 0 Å². The van der Waals surface area contributed by atoms with Gasteiger partial charge in [-0.15, -0.1) is 0 Å². The molecule has 0 aliphatic rings. The van der Waals surface area contributed by atoms with Gasteiger partial charge in [-0.05, 0) is 36.5 Å². The fourth-order valence-corrected chi connectivity index (χ4v) is 1.95. The normalized spacial score (nSPS) is 12.5. The first-order chi connectivity index (χ1) is 8.02. The summed E-state index contributed by atoms with van der Waals surface area (Å²) in [7, 11) is 1.67. The number of carbonyl (C=O) groups excluding carboxylic acids is 1. The number of ether oxygens (including phenoxy) is 1. The number of benzene rings is 1. The lowest BCUT2D eigenvalue weighted by Gasteiger charge is -2.09. The van der Waals surface area contributed by atoms with Crippen LogP contribution in [-0.2, 0) is 16.0 Å². The fraction of sp³-hybridized carbons (Fsp3) is 0.533. The Labute approximate surface area is 104 Å². The van der Waals surface area contributed by atoms with Crippen LogP contribution in [0.3, 0.4) is 0 Å². The largest absolute Gasteiger partial charge is 0.384 e. The van der Waals surface area contributed by atoms with Crippen LogP contribution in [0, 0.1) is 19.8 Å². The number of ketones is 1. The topological polar surface area (TPSA) is 26.3 Å². The first-order valence-corrected chi connectivity index (χ1v) is 6.09. The van der Waals surface area contributed by atoms with Crippen LogP contribution in [0.4, 0.5) is 0 Å². The molecular formula is C15H22O2. The molecule has 0 saturated carbocycles. The number of hydrogen-bond acceptors (Lipinski definition) is 2. The summed E-state index contributed by atoms with van der Waals surface area (Å²) in [6.07, 6.45) is 1.13. The third kappa shape index (κ3) is 4.70. The zero-order chi connectivity index (χ0) is 12.8. The van der Waals surface area contributed by atoms with Gasteiger partial charge < -0.3 is 4.74 Å². The fourth-order valence-electron chi connectivity index (χ4n) is 1.95. The van der Waals surface area contributed by atoms with Crippen LogP contribution in [-0.4, -0.2) is 19.5 Å². The van der Waals surface area contributed by atoms with Crippen LogP contribution in [0.25, 0.3) is 0 Å². The highest BCUT2D eigenvalue weighted by molar-refractivity contribution is 5.81. The summed E-state index contributed by atoms with van der Waals surface area (Å²) in [6.45, 7) is 6.86. The number of hydrogen-bond donors (Lipinski definition) is 0. The molecule has 0 fully saturated rings. The van der Waals surface area contributed by atoms with Crippen LogP contribution in [0.5, 0.6) is 0 Å². The Morgan fingerprint density at radius 3 is 2.59 bits per heavy atom. The van der Waals surface area contributed by atoms with Crippen molar-refractivity contribution in [3.05, 3.63) is 34.9 Å². The summed E-state index contributed by atoms with van der Waals surface area (Å²) < 4.78 is 5.04. The Balaban J connectivity index is 2.53. The summed E-state index contributed by atoms with van der Waals surface area (Å²) in [4.78, 5) is 11.8. The molecule has 0 N–H and O–H groups in total. The highest BCUT2D eigenvalue weighted by Gasteiger charge is 2.10. The molecule has 2 nitrogen and oxygen atoms in total. The van der Waals surface area contributed by atoms with Gasteiger partial charge in [-0.2, -0.15) is 0 Å². The quantitative estimate of drug-likeness (QED) is 0.756. The van der Waals surface area contributed by atoms with E-state index in [1.54, 1.807) is 7.11 Å². The second-order valence-electron chi connectivity index (χ2n) is 4.90. The maximum Gasteiger partial charge on any atom is 0.137 e. The van der Waals surface area contributed by atoms with Crippen molar-refractivity contribution >= 4 is 5.78 Å². The van der Waals surface area contributed by atoms with Crippen LogP contribution >= 0.6 is 0 Å². The van der Waals surface area contributed by atoms with E-state index in [4.69, 9.17) is 4.74 Å². The Morgan fingerprint density at radius 1 is 1.29 bits per heavy atom. The van der Waals surface area contributed by atoms with Crippen LogP contribution < -0.4 is 0 Å². The van der Waals surface area contributed by atoms with E-state index >= 15 is 0 Å². The Kier molecular flexibility index (Phi) is 5.36. The molecule has 94 valence electrons. The molecule has 0 aliphatic carbocycles. The molecule has 1 aromatic carbocycles. The predicted octanol–water partition coefficient (Wildman–Crippen LogP) is 3.09. The van der Waals surface area contributed by atoms with Crippen molar-refractivity contribution in [3.8, 4) is 0 Å². The van der Waals surface area contributed by atoms with Crippen LogP contribution in [0.15, 0.2) is 18.2 Å². The lowest BCUT2D eigenvalue weighted by atomic mass is 9.98. The minimum atomic E-state index is 0.290. The smallest absolute Gasteiger partial charge is 0.137 e. The minimum absolute atomic E-state index is 0.290. The molecule has 0 aliphatic heterocycles. The SMILES string of the molecule is COCC(C)CC(=O)Cc1ccc(C)c(C)c1. The molecule has 1 aromatic rings. The van der Waals surface area contributed by atoms with Gasteiger partial charge in [-0.1, -0.05) is 25.1 Å². The van der Waals surface area contributed by atoms with Gasteiger partial charge in [0, 0.05) is 26.6 Å². The van der Waals surface area contributed by atoms with E-state index in [0.717, 1.165) is 5.56 Å². The zero-order valence-electron chi connectivity index (χ0n) is 11.2. The van der Waals surface area contributed by atoms with E-state index in [0.29, 0.717) is 25.4 Å². The van der Waals surface area contributed by atoms with Crippen LogP contribution in [0.1, 0.15) is 30.0 Å². The standard InChI is InChI=1S/C15H22O2/c1-11(10-17-4)7-15(16)9-14-6-5-12(2)13(3)8-14/h5-6,8,11H,7,9-10H2,1-4H3. The molecule has 1 unspecified atom stereocenters. The molecule has 0 spiro atoms. The minimum Gasteiger partial charge on any atom is -0.384 e. The Morgan fingerprint density at radius 2 is 2.00 bits per heavy atom. The van der Waals surface area contributed by atoms with Crippen molar-refractivity contribution in [1.29, 1.82) is 0 Å². The zero-order valence-corrected chi connectivity index (χ0v) is 11.2. The second-order valence-corrected chi connectivity index (χ2v) is 4.90. The van der Waals surface area contributed by atoms with Gasteiger partial charge in [0.25, 0.3) is 0 Å². The number of rotatable bonds is 6. The van der Waals surface area contributed by atoms with E-state index < -0.39 is 0 Å². The molecule has 2 heteroatoms. The molecule has 0 saturated heterocycles. The van der Waals surface area contributed by atoms with E-state index in [1.807, 2.05) is 13.0 Å². The maximum absolute atomic E-state index is 11.8. The lowest BCUT2D eigenvalue weighted by Crippen LogP contribution is -2.12. The van der Waals surface area contributed by atoms with Crippen molar-refractivity contribution in [2.24, 2.45) is 5.92 Å². The number of aryl methyl sites for hydroxylation is 2. The monoisotopic (exact) mass is 234 g/mol. The van der Waals surface area contributed by atoms with E-state index in [2.05, 4.69) is 26.0 Å². The highest BCUT2D eigenvalue weighted by atomic mass is 16.5. The van der Waals surface area contributed by atoms with Crippen LogP contribution in [0.2, 0.25) is 0 Å². The molecule has 0 amide bonds. The van der Waals surface area contributed by atoms with Crippen molar-refractivity contribution in [2.75, 3.05) is 13.7 Å². The van der Waals surface area contributed by atoms with Gasteiger partial charge in [0.1, 0.15) is 5.78 Å². The number of carbonyl (C=O) groups is 1. The van der Waals surface area contributed by atoms with E-state index in [-0.39, 0.29) is 5.78 Å². The van der Waals surface area contributed by atoms with Gasteiger partial charge >= 0.3 is 0 Å². The predicted molar refractivity (Wildman–Crippen MR) is 70.3 cm³/mol. The molecule has 0 radical (unpaired) electrons. The molecule has 0 heterocycles. The summed E-state index contributed by atoms with van der Waals surface area (Å²) in [6, 6.07) is 6.23. The average molecular weight is 234 g/mol. The van der Waals surface area contributed by atoms with E-state index in [9.17, 15) is 4.79 Å². The summed E-state index contributed by atoms with van der Waals surface area (Å²) in [5.74, 6) is 0.594. The number of Topliss-reactive ketones (excluding diaryl/α,β-unsaturated/α-hetero) is 1. The molecule has 1 atom stereocenters. The van der Waals surface area contributed by atoms with Gasteiger partial charge in [-0.3, -0.25) is 4.79 Å². The molecule has 0 aromatic heterocycles. The van der Waals surface area contributed by atoms with Gasteiger partial charge in [0.15, 0.2) is 0 Å². The first-order valence-electron chi connectivity index (χ1n) is 6.09. The third-order valence-electron chi connectivity index (χ3n) is 3.00. The summed E-state index contributed by atoms with van der Waals surface area (Å²) in [5, 5.41) is 0. The molecule has 17 heavy (non-hydrogen) atoms. The Bertz CT molecular complexity index is 383. The number of methoxy groups -OCH3 is 1. The average Bonchev–Trinajstić information content (AvgIpc) is 2.23. The lowest BCUT2D eigenvalue weighted by molar-refractivity contribution is -0.119. The van der Waals surface area contributed by atoms with Crippen molar-refractivity contribution in [2.45, 2.75) is 33.6 Å². The second kappa shape index (κ2) is 6.55. The molecule has 0 bridgehead atoms. The van der Waals surface area contributed by atoms with Crippen molar-refractivity contribution in [3.63, 3.8) is 0 Å². The maximum atomic E-state index is 11.8. The third-order valence-corrected chi connectivity index (χ3v) is 3.00.